The highest BCUT2D eigenvalue weighted by molar-refractivity contribution is 4.85. The van der Waals surface area contributed by atoms with Gasteiger partial charge in [0, 0.05) is 18.6 Å². The smallest absolute Gasteiger partial charge is 0.0343 e. The van der Waals surface area contributed by atoms with Crippen LogP contribution in [-0.4, -0.2) is 44.2 Å². The zero-order valence-electron chi connectivity index (χ0n) is 8.21. The molecule has 0 saturated carbocycles. The number of rotatable bonds is 3. The lowest BCUT2D eigenvalue weighted by atomic mass is 9.96. The molecule has 1 aliphatic heterocycles. The van der Waals surface area contributed by atoms with Crippen molar-refractivity contribution in [3.05, 3.63) is 0 Å². The van der Waals surface area contributed by atoms with Crippen molar-refractivity contribution in [1.82, 2.24) is 10.2 Å². The van der Waals surface area contributed by atoms with Gasteiger partial charge in [-0.2, -0.15) is 0 Å². The van der Waals surface area contributed by atoms with E-state index in [0.717, 1.165) is 6.54 Å². The van der Waals surface area contributed by atoms with E-state index in [1.54, 1.807) is 0 Å². The van der Waals surface area contributed by atoms with Crippen LogP contribution < -0.4 is 11.1 Å². The second-order valence-electron chi connectivity index (χ2n) is 3.67. The quantitative estimate of drug-likeness (QED) is 0.629. The molecule has 0 radical (unpaired) electrons. The monoisotopic (exact) mass is 171 g/mol. The van der Waals surface area contributed by atoms with Gasteiger partial charge in [-0.05, 0) is 33.5 Å². The first-order valence-corrected chi connectivity index (χ1v) is 4.87. The summed E-state index contributed by atoms with van der Waals surface area (Å²) in [5, 5.41) is 3.29. The van der Waals surface area contributed by atoms with Gasteiger partial charge in [0.25, 0.3) is 0 Å². The number of nitrogens with zero attached hydrogens (tertiary/aromatic N) is 1. The number of piperidine rings is 1. The van der Waals surface area contributed by atoms with Gasteiger partial charge in [-0.3, -0.25) is 0 Å². The zero-order valence-corrected chi connectivity index (χ0v) is 8.21. The Balaban J connectivity index is 2.45. The Morgan fingerprint density at radius 3 is 2.83 bits per heavy atom. The van der Waals surface area contributed by atoms with Crippen molar-refractivity contribution in [2.45, 2.75) is 31.3 Å². The van der Waals surface area contributed by atoms with Crippen LogP contribution in [-0.2, 0) is 0 Å². The lowest BCUT2D eigenvalue weighted by Gasteiger charge is -2.37. The van der Waals surface area contributed by atoms with Crippen molar-refractivity contribution in [2.75, 3.05) is 27.2 Å². The van der Waals surface area contributed by atoms with Gasteiger partial charge in [-0.15, -0.1) is 0 Å². The van der Waals surface area contributed by atoms with E-state index in [9.17, 15) is 0 Å². The van der Waals surface area contributed by atoms with Crippen molar-refractivity contribution in [1.29, 1.82) is 0 Å². The molecule has 0 aromatic rings. The van der Waals surface area contributed by atoms with Gasteiger partial charge in [0.05, 0.1) is 0 Å². The molecule has 0 spiro atoms. The standard InChI is InChI=1S/C9H21N3/c1-11-8(7-10)9-5-3-4-6-12(9)2/h8-9,11H,3-7,10H2,1-2H3. The topological polar surface area (TPSA) is 41.3 Å². The summed E-state index contributed by atoms with van der Waals surface area (Å²) in [6.45, 7) is 1.97. The minimum Gasteiger partial charge on any atom is -0.329 e. The molecule has 12 heavy (non-hydrogen) atoms. The van der Waals surface area contributed by atoms with E-state index in [4.69, 9.17) is 5.73 Å². The Hall–Kier alpha value is -0.120. The molecule has 1 aliphatic rings. The number of hydrogen-bond donors (Lipinski definition) is 2. The predicted molar refractivity (Wildman–Crippen MR) is 52.2 cm³/mol. The fourth-order valence-corrected chi connectivity index (χ4v) is 2.08. The summed E-state index contributed by atoms with van der Waals surface area (Å²) in [7, 11) is 4.20. The molecule has 3 N–H and O–H groups in total. The van der Waals surface area contributed by atoms with Gasteiger partial charge in [0.2, 0.25) is 0 Å². The minimum atomic E-state index is 0.468. The van der Waals surface area contributed by atoms with Gasteiger partial charge in [-0.25, -0.2) is 0 Å². The average Bonchev–Trinajstić information content (AvgIpc) is 2.10. The van der Waals surface area contributed by atoms with E-state index < -0.39 is 0 Å². The van der Waals surface area contributed by atoms with Crippen LogP contribution in [0.1, 0.15) is 19.3 Å². The molecule has 1 rings (SSSR count). The van der Waals surface area contributed by atoms with Crippen molar-refractivity contribution >= 4 is 0 Å². The largest absolute Gasteiger partial charge is 0.329 e. The second-order valence-corrected chi connectivity index (χ2v) is 3.67. The highest BCUT2D eigenvalue weighted by Crippen LogP contribution is 2.17. The van der Waals surface area contributed by atoms with Gasteiger partial charge in [0.1, 0.15) is 0 Å². The summed E-state index contributed by atoms with van der Waals surface area (Å²) < 4.78 is 0. The summed E-state index contributed by atoms with van der Waals surface area (Å²) >= 11 is 0. The van der Waals surface area contributed by atoms with Gasteiger partial charge < -0.3 is 16.0 Å². The van der Waals surface area contributed by atoms with Crippen LogP contribution in [0.15, 0.2) is 0 Å². The van der Waals surface area contributed by atoms with Crippen LogP contribution in [0.4, 0.5) is 0 Å². The lowest BCUT2D eigenvalue weighted by Crippen LogP contribution is -2.52. The van der Waals surface area contributed by atoms with Gasteiger partial charge in [-0.1, -0.05) is 6.42 Å². The highest BCUT2D eigenvalue weighted by Gasteiger charge is 2.25. The van der Waals surface area contributed by atoms with Crippen molar-refractivity contribution in [3.8, 4) is 0 Å². The third-order valence-corrected chi connectivity index (χ3v) is 2.92. The van der Waals surface area contributed by atoms with Crippen LogP contribution in [0.5, 0.6) is 0 Å². The van der Waals surface area contributed by atoms with Crippen LogP contribution in [0.2, 0.25) is 0 Å². The fourth-order valence-electron chi connectivity index (χ4n) is 2.08. The maximum Gasteiger partial charge on any atom is 0.0343 e. The molecule has 2 atom stereocenters. The van der Waals surface area contributed by atoms with E-state index in [0.29, 0.717) is 12.1 Å². The summed E-state index contributed by atoms with van der Waals surface area (Å²) in [6, 6.07) is 1.11. The van der Waals surface area contributed by atoms with Crippen LogP contribution in [0.3, 0.4) is 0 Å². The molecule has 2 unspecified atom stereocenters. The number of likely N-dealkylation sites (N-methyl/N-ethyl adjacent to an activating group) is 2. The summed E-state index contributed by atoms with van der Waals surface area (Å²) in [5.74, 6) is 0. The summed E-state index contributed by atoms with van der Waals surface area (Å²) in [5.41, 5.74) is 5.69. The molecule has 0 aromatic heterocycles. The number of nitrogens with one attached hydrogen (secondary N) is 1. The van der Waals surface area contributed by atoms with Crippen LogP contribution >= 0.6 is 0 Å². The Bertz CT molecular complexity index is 123. The van der Waals surface area contributed by atoms with E-state index in [2.05, 4.69) is 17.3 Å². The van der Waals surface area contributed by atoms with Crippen LogP contribution in [0, 0.1) is 0 Å². The maximum absolute atomic E-state index is 5.69. The molecule has 3 heteroatoms. The van der Waals surface area contributed by atoms with Crippen molar-refractivity contribution in [2.24, 2.45) is 5.73 Å². The van der Waals surface area contributed by atoms with E-state index in [1.165, 1.54) is 25.8 Å². The molecule has 0 bridgehead atoms. The van der Waals surface area contributed by atoms with Gasteiger partial charge >= 0.3 is 0 Å². The third-order valence-electron chi connectivity index (χ3n) is 2.92. The van der Waals surface area contributed by atoms with Crippen molar-refractivity contribution < 1.29 is 0 Å². The second kappa shape index (κ2) is 4.80. The average molecular weight is 171 g/mol. The third kappa shape index (κ3) is 2.19. The highest BCUT2D eigenvalue weighted by atomic mass is 15.2. The SMILES string of the molecule is CNC(CN)C1CCCCN1C. The minimum absolute atomic E-state index is 0.468. The summed E-state index contributed by atoms with van der Waals surface area (Å²) in [4.78, 5) is 2.43. The first-order chi connectivity index (χ1) is 5.79. The Kier molecular flexibility index (Phi) is 3.98. The molecule has 3 nitrogen and oxygen atoms in total. The molecule has 1 heterocycles. The molecular weight excluding hydrogens is 150 g/mol. The number of nitrogens with two attached hydrogens (primary N) is 1. The molecule has 0 aliphatic carbocycles. The van der Waals surface area contributed by atoms with Crippen LogP contribution in [0.25, 0.3) is 0 Å². The normalized spacial score (nSPS) is 28.8. The molecule has 0 aromatic carbocycles. The molecule has 0 amide bonds. The summed E-state index contributed by atoms with van der Waals surface area (Å²) in [6.07, 6.45) is 3.99. The fraction of sp³-hybridized carbons (Fsp3) is 1.00. The van der Waals surface area contributed by atoms with Gasteiger partial charge in [0.15, 0.2) is 0 Å². The zero-order chi connectivity index (χ0) is 8.97. The Labute approximate surface area is 75.3 Å². The molecule has 1 fully saturated rings. The Morgan fingerprint density at radius 2 is 2.33 bits per heavy atom. The first-order valence-electron chi connectivity index (χ1n) is 4.87. The Morgan fingerprint density at radius 1 is 1.58 bits per heavy atom. The van der Waals surface area contributed by atoms with E-state index >= 15 is 0 Å². The van der Waals surface area contributed by atoms with E-state index in [-0.39, 0.29) is 0 Å². The number of hydrogen-bond acceptors (Lipinski definition) is 3. The maximum atomic E-state index is 5.69. The molecule has 1 saturated heterocycles. The van der Waals surface area contributed by atoms with Crippen molar-refractivity contribution in [3.63, 3.8) is 0 Å². The number of likely N-dealkylation sites (tertiary alicyclic amines) is 1. The van der Waals surface area contributed by atoms with E-state index in [1.807, 2.05) is 7.05 Å². The lowest BCUT2D eigenvalue weighted by molar-refractivity contribution is 0.150. The predicted octanol–water partition coefficient (Wildman–Crippen LogP) is 0.0174. The first kappa shape index (κ1) is 9.96. The molecular formula is C9H21N3. The molecule has 72 valence electrons.